The molecule has 1 aliphatic rings. The van der Waals surface area contributed by atoms with Crippen molar-refractivity contribution in [3.63, 3.8) is 0 Å². The number of piperidine rings is 1. The molecule has 0 saturated carbocycles. The van der Waals surface area contributed by atoms with Gasteiger partial charge in [0.05, 0.1) is 6.54 Å². The molecule has 1 saturated heterocycles. The number of likely N-dealkylation sites (tertiary alicyclic amines) is 1. The number of rotatable bonds is 4. The molecule has 0 amide bonds. The van der Waals surface area contributed by atoms with E-state index >= 15 is 0 Å². The first-order valence-electron chi connectivity index (χ1n) is 6.10. The average molecular weight is 271 g/mol. The van der Waals surface area contributed by atoms with Crippen LogP contribution in [0.4, 0.5) is 8.78 Å². The van der Waals surface area contributed by atoms with Crippen molar-refractivity contribution in [3.8, 4) is 5.75 Å². The Morgan fingerprint density at radius 2 is 2.05 bits per heavy atom. The molecule has 0 spiro atoms. The van der Waals surface area contributed by atoms with Gasteiger partial charge >= 0.3 is 5.97 Å². The van der Waals surface area contributed by atoms with Crippen LogP contribution in [-0.4, -0.2) is 41.7 Å². The number of benzene rings is 1. The SMILES string of the molecule is O=C(O)CN1CCC(Oc2ccc(F)cc2F)CC1. The van der Waals surface area contributed by atoms with E-state index in [4.69, 9.17) is 9.84 Å². The van der Waals surface area contributed by atoms with Crippen molar-refractivity contribution in [2.45, 2.75) is 18.9 Å². The second-order valence-corrected chi connectivity index (χ2v) is 4.56. The third kappa shape index (κ3) is 3.89. The lowest BCUT2D eigenvalue weighted by molar-refractivity contribution is -0.138. The van der Waals surface area contributed by atoms with Crippen molar-refractivity contribution in [1.82, 2.24) is 4.90 Å². The minimum Gasteiger partial charge on any atom is -0.487 e. The molecule has 0 aromatic heterocycles. The quantitative estimate of drug-likeness (QED) is 0.908. The van der Waals surface area contributed by atoms with Gasteiger partial charge in [-0.15, -0.1) is 0 Å². The van der Waals surface area contributed by atoms with Crippen molar-refractivity contribution in [1.29, 1.82) is 0 Å². The predicted octanol–water partition coefficient (Wildman–Crippen LogP) is 1.89. The Morgan fingerprint density at radius 3 is 2.63 bits per heavy atom. The summed E-state index contributed by atoms with van der Waals surface area (Å²) >= 11 is 0. The summed E-state index contributed by atoms with van der Waals surface area (Å²) in [4.78, 5) is 12.4. The molecule has 2 rings (SSSR count). The summed E-state index contributed by atoms with van der Waals surface area (Å²) in [5.41, 5.74) is 0. The van der Waals surface area contributed by atoms with Crippen molar-refractivity contribution in [2.75, 3.05) is 19.6 Å². The maximum absolute atomic E-state index is 13.4. The Balaban J connectivity index is 1.87. The highest BCUT2D eigenvalue weighted by atomic mass is 19.1. The molecule has 0 bridgehead atoms. The van der Waals surface area contributed by atoms with Crippen molar-refractivity contribution >= 4 is 5.97 Å². The molecule has 1 aromatic carbocycles. The Bertz CT molecular complexity index is 459. The largest absolute Gasteiger partial charge is 0.487 e. The van der Waals surface area contributed by atoms with Gasteiger partial charge in [-0.05, 0) is 25.0 Å². The number of ether oxygens (including phenoxy) is 1. The monoisotopic (exact) mass is 271 g/mol. The van der Waals surface area contributed by atoms with Crippen molar-refractivity contribution in [2.24, 2.45) is 0 Å². The lowest BCUT2D eigenvalue weighted by atomic mass is 10.1. The van der Waals surface area contributed by atoms with Gasteiger partial charge < -0.3 is 9.84 Å². The summed E-state index contributed by atoms with van der Waals surface area (Å²) in [6, 6.07) is 3.21. The van der Waals surface area contributed by atoms with Gasteiger partial charge in [0.25, 0.3) is 0 Å². The van der Waals surface area contributed by atoms with Crippen LogP contribution in [0, 0.1) is 11.6 Å². The molecule has 1 N–H and O–H groups in total. The van der Waals surface area contributed by atoms with Gasteiger partial charge in [-0.25, -0.2) is 8.78 Å². The minimum atomic E-state index is -0.857. The highest BCUT2D eigenvalue weighted by Gasteiger charge is 2.22. The van der Waals surface area contributed by atoms with Crippen LogP contribution >= 0.6 is 0 Å². The molecule has 4 nitrogen and oxygen atoms in total. The van der Waals surface area contributed by atoms with Crippen LogP contribution in [0.25, 0.3) is 0 Å². The molecule has 1 aliphatic heterocycles. The fourth-order valence-electron chi connectivity index (χ4n) is 2.13. The second kappa shape index (κ2) is 5.97. The summed E-state index contributed by atoms with van der Waals surface area (Å²) in [6.07, 6.45) is 1.10. The fourth-order valence-corrected chi connectivity index (χ4v) is 2.13. The van der Waals surface area contributed by atoms with E-state index in [9.17, 15) is 13.6 Å². The van der Waals surface area contributed by atoms with E-state index in [1.165, 1.54) is 6.07 Å². The van der Waals surface area contributed by atoms with E-state index in [1.54, 1.807) is 0 Å². The lowest BCUT2D eigenvalue weighted by Gasteiger charge is -2.31. The molecule has 0 radical (unpaired) electrons. The zero-order valence-corrected chi connectivity index (χ0v) is 10.3. The number of carboxylic acids is 1. The van der Waals surface area contributed by atoms with E-state index in [-0.39, 0.29) is 18.4 Å². The Hall–Kier alpha value is -1.69. The number of hydrogen-bond acceptors (Lipinski definition) is 3. The van der Waals surface area contributed by atoms with Crippen LogP contribution in [0.15, 0.2) is 18.2 Å². The van der Waals surface area contributed by atoms with Gasteiger partial charge in [-0.1, -0.05) is 0 Å². The standard InChI is InChI=1S/C13H15F2NO3/c14-9-1-2-12(11(15)7-9)19-10-3-5-16(6-4-10)8-13(17)18/h1-2,7,10H,3-6,8H2,(H,17,18). The minimum absolute atomic E-state index is 0.0115. The van der Waals surface area contributed by atoms with Gasteiger partial charge in [0.1, 0.15) is 11.9 Å². The van der Waals surface area contributed by atoms with Gasteiger partial charge in [0.2, 0.25) is 0 Å². The Kier molecular flexibility index (Phi) is 4.31. The van der Waals surface area contributed by atoms with Crippen LogP contribution in [0.2, 0.25) is 0 Å². The van der Waals surface area contributed by atoms with Crippen molar-refractivity contribution in [3.05, 3.63) is 29.8 Å². The number of hydrogen-bond donors (Lipinski definition) is 1. The predicted molar refractivity (Wildman–Crippen MR) is 64.1 cm³/mol. The van der Waals surface area contributed by atoms with Gasteiger partial charge in [0, 0.05) is 19.2 Å². The van der Waals surface area contributed by atoms with Gasteiger partial charge in [-0.2, -0.15) is 0 Å². The van der Waals surface area contributed by atoms with Crippen LogP contribution in [0.3, 0.4) is 0 Å². The highest BCUT2D eigenvalue weighted by molar-refractivity contribution is 5.69. The summed E-state index contributed by atoms with van der Waals surface area (Å²) in [7, 11) is 0. The first kappa shape index (κ1) is 13.7. The summed E-state index contributed by atoms with van der Waals surface area (Å²) in [6.45, 7) is 1.21. The number of carboxylic acid groups (broad SMARTS) is 1. The molecular weight excluding hydrogens is 256 g/mol. The van der Waals surface area contributed by atoms with Gasteiger partial charge in [0.15, 0.2) is 11.6 Å². The van der Waals surface area contributed by atoms with Crippen LogP contribution in [0.1, 0.15) is 12.8 Å². The van der Waals surface area contributed by atoms with Crippen LogP contribution in [0.5, 0.6) is 5.75 Å². The average Bonchev–Trinajstić information content (AvgIpc) is 2.34. The van der Waals surface area contributed by atoms with Crippen LogP contribution < -0.4 is 4.74 Å². The zero-order chi connectivity index (χ0) is 13.8. The molecule has 6 heteroatoms. The van der Waals surface area contributed by atoms with E-state index < -0.39 is 17.6 Å². The normalized spacial score (nSPS) is 17.4. The summed E-state index contributed by atoms with van der Waals surface area (Å²) in [5, 5.41) is 8.67. The third-order valence-electron chi connectivity index (χ3n) is 3.08. The van der Waals surface area contributed by atoms with E-state index in [1.807, 2.05) is 4.90 Å². The smallest absolute Gasteiger partial charge is 0.317 e. The summed E-state index contributed by atoms with van der Waals surface area (Å²) < 4.78 is 31.6. The molecule has 0 unspecified atom stereocenters. The lowest BCUT2D eigenvalue weighted by Crippen LogP contribution is -2.40. The number of aliphatic carboxylic acids is 1. The number of halogens is 2. The highest BCUT2D eigenvalue weighted by Crippen LogP contribution is 2.22. The first-order chi connectivity index (χ1) is 9.04. The number of nitrogens with zero attached hydrogens (tertiary/aromatic N) is 1. The molecule has 1 fully saturated rings. The maximum Gasteiger partial charge on any atom is 0.317 e. The second-order valence-electron chi connectivity index (χ2n) is 4.56. The first-order valence-corrected chi connectivity index (χ1v) is 6.10. The molecule has 0 atom stereocenters. The molecular formula is C13H15F2NO3. The zero-order valence-electron chi connectivity index (χ0n) is 10.3. The third-order valence-corrected chi connectivity index (χ3v) is 3.08. The van der Waals surface area contributed by atoms with Gasteiger partial charge in [-0.3, -0.25) is 9.69 Å². The molecule has 19 heavy (non-hydrogen) atoms. The van der Waals surface area contributed by atoms with Crippen molar-refractivity contribution < 1.29 is 23.4 Å². The summed E-state index contributed by atoms with van der Waals surface area (Å²) in [5.74, 6) is -2.17. The van der Waals surface area contributed by atoms with E-state index in [0.717, 1.165) is 12.1 Å². The maximum atomic E-state index is 13.4. The Morgan fingerprint density at radius 1 is 1.37 bits per heavy atom. The number of carbonyl (C=O) groups is 1. The van der Waals surface area contributed by atoms with E-state index in [2.05, 4.69) is 0 Å². The molecule has 1 heterocycles. The molecule has 1 aromatic rings. The van der Waals surface area contributed by atoms with E-state index in [0.29, 0.717) is 25.9 Å². The topological polar surface area (TPSA) is 49.8 Å². The fraction of sp³-hybridized carbons (Fsp3) is 0.462. The molecule has 104 valence electrons. The van der Waals surface area contributed by atoms with Crippen LogP contribution in [-0.2, 0) is 4.79 Å². The Labute approximate surface area is 109 Å². The molecule has 0 aliphatic carbocycles.